The van der Waals surface area contributed by atoms with Gasteiger partial charge < -0.3 is 5.32 Å². The zero-order chi connectivity index (χ0) is 13.0. The Morgan fingerprint density at radius 3 is 2.67 bits per heavy atom. The average molecular weight is 240 g/mol. The van der Waals surface area contributed by atoms with Gasteiger partial charge in [-0.25, -0.2) is 4.98 Å². The molecule has 0 saturated carbocycles. The van der Waals surface area contributed by atoms with Crippen LogP contribution in [0.1, 0.15) is 35.7 Å². The molecule has 1 N–H and O–H groups in total. The molecule has 0 atom stereocenters. The molecule has 0 aliphatic carbocycles. The summed E-state index contributed by atoms with van der Waals surface area (Å²) in [6.45, 7) is 4.21. The first-order valence-corrected chi connectivity index (χ1v) is 5.99. The normalized spacial score (nSPS) is 10.4. The lowest BCUT2D eigenvalue weighted by Crippen LogP contribution is -2.13. The number of aromatic nitrogens is 1. The van der Waals surface area contributed by atoms with Gasteiger partial charge in [0.2, 0.25) is 0 Å². The van der Waals surface area contributed by atoms with E-state index in [-0.39, 0.29) is 5.91 Å². The van der Waals surface area contributed by atoms with E-state index in [0.717, 1.165) is 5.56 Å². The lowest BCUT2D eigenvalue weighted by Gasteiger charge is -2.08. The third-order valence-electron chi connectivity index (χ3n) is 2.72. The highest BCUT2D eigenvalue weighted by atomic mass is 16.1. The Morgan fingerprint density at radius 1 is 1.17 bits per heavy atom. The number of nitrogens with zero attached hydrogens (tertiary/aromatic N) is 1. The summed E-state index contributed by atoms with van der Waals surface area (Å²) >= 11 is 0. The number of nitrogens with one attached hydrogen (secondary N) is 1. The van der Waals surface area contributed by atoms with Gasteiger partial charge in [-0.15, -0.1) is 0 Å². The highest BCUT2D eigenvalue weighted by Gasteiger charge is 2.08. The molecule has 3 heteroatoms. The van der Waals surface area contributed by atoms with Crippen molar-refractivity contribution in [3.05, 3.63) is 59.8 Å². The maximum absolute atomic E-state index is 12.0. The molecule has 0 aliphatic rings. The van der Waals surface area contributed by atoms with Crippen LogP contribution in [-0.2, 0) is 0 Å². The van der Waals surface area contributed by atoms with E-state index in [4.69, 9.17) is 0 Å². The third kappa shape index (κ3) is 2.94. The van der Waals surface area contributed by atoms with Crippen LogP contribution in [0.2, 0.25) is 0 Å². The van der Waals surface area contributed by atoms with Gasteiger partial charge in [-0.1, -0.05) is 32.0 Å². The minimum absolute atomic E-state index is 0.129. The minimum atomic E-state index is -0.129. The predicted molar refractivity (Wildman–Crippen MR) is 72.7 cm³/mol. The molecule has 1 heterocycles. The van der Waals surface area contributed by atoms with Gasteiger partial charge in [0.1, 0.15) is 5.82 Å². The Labute approximate surface area is 107 Å². The van der Waals surface area contributed by atoms with Gasteiger partial charge in [-0.05, 0) is 35.7 Å². The summed E-state index contributed by atoms with van der Waals surface area (Å²) in [5, 5.41) is 2.77. The fraction of sp³-hybridized carbons (Fsp3) is 0.200. The summed E-state index contributed by atoms with van der Waals surface area (Å²) < 4.78 is 0. The summed E-state index contributed by atoms with van der Waals surface area (Å²) in [7, 11) is 0. The number of benzene rings is 1. The summed E-state index contributed by atoms with van der Waals surface area (Å²) in [5.41, 5.74) is 1.82. The van der Waals surface area contributed by atoms with E-state index in [1.165, 1.54) is 0 Å². The Kier molecular flexibility index (Phi) is 3.72. The Bertz CT molecular complexity index is 535. The van der Waals surface area contributed by atoms with Crippen molar-refractivity contribution < 1.29 is 4.79 Å². The number of rotatable bonds is 3. The fourth-order valence-corrected chi connectivity index (χ4v) is 1.66. The fourth-order valence-electron chi connectivity index (χ4n) is 1.66. The maximum Gasteiger partial charge on any atom is 0.256 e. The van der Waals surface area contributed by atoms with Crippen molar-refractivity contribution in [3.8, 4) is 0 Å². The molecule has 2 rings (SSSR count). The van der Waals surface area contributed by atoms with Gasteiger partial charge in [0.15, 0.2) is 0 Å². The monoisotopic (exact) mass is 240 g/mol. The van der Waals surface area contributed by atoms with E-state index in [9.17, 15) is 4.79 Å². The summed E-state index contributed by atoms with van der Waals surface area (Å²) in [6, 6.07) is 13.1. The predicted octanol–water partition coefficient (Wildman–Crippen LogP) is 3.46. The molecular formula is C15H16N2O. The van der Waals surface area contributed by atoms with Gasteiger partial charge in [-0.3, -0.25) is 4.79 Å². The van der Waals surface area contributed by atoms with Crippen molar-refractivity contribution in [3.63, 3.8) is 0 Å². The number of pyridine rings is 1. The second kappa shape index (κ2) is 5.45. The Hall–Kier alpha value is -2.16. The van der Waals surface area contributed by atoms with Crippen LogP contribution in [0.25, 0.3) is 0 Å². The molecule has 2 aromatic rings. The molecule has 0 aliphatic heterocycles. The molecule has 92 valence electrons. The van der Waals surface area contributed by atoms with Crippen LogP contribution in [-0.4, -0.2) is 10.9 Å². The number of hydrogen-bond acceptors (Lipinski definition) is 2. The van der Waals surface area contributed by atoms with Crippen molar-refractivity contribution in [2.75, 3.05) is 5.32 Å². The van der Waals surface area contributed by atoms with Gasteiger partial charge in [0.05, 0.1) is 0 Å². The van der Waals surface area contributed by atoms with E-state index in [1.54, 1.807) is 12.3 Å². The third-order valence-corrected chi connectivity index (χ3v) is 2.72. The van der Waals surface area contributed by atoms with Crippen LogP contribution in [0.3, 0.4) is 0 Å². The molecule has 1 amide bonds. The van der Waals surface area contributed by atoms with Crippen LogP contribution in [0.5, 0.6) is 0 Å². The summed E-state index contributed by atoms with van der Waals surface area (Å²) in [4.78, 5) is 16.1. The lowest BCUT2D eigenvalue weighted by atomic mass is 10.0. The van der Waals surface area contributed by atoms with Crippen molar-refractivity contribution in [1.29, 1.82) is 0 Å². The smallest absolute Gasteiger partial charge is 0.256 e. The molecule has 0 radical (unpaired) electrons. The van der Waals surface area contributed by atoms with Crippen LogP contribution in [0.15, 0.2) is 48.7 Å². The number of carbonyl (C=O) groups excluding carboxylic acids is 1. The maximum atomic E-state index is 12.0. The second-order valence-electron chi connectivity index (χ2n) is 4.45. The first-order valence-electron chi connectivity index (χ1n) is 5.99. The van der Waals surface area contributed by atoms with Gasteiger partial charge in [-0.2, -0.15) is 0 Å². The quantitative estimate of drug-likeness (QED) is 0.892. The standard InChI is InChI=1S/C15H16N2O/c1-11(2)12-6-5-7-13(10-12)15(18)17-14-8-3-4-9-16-14/h3-11H,1-2H3,(H,16,17,18). The highest BCUT2D eigenvalue weighted by molar-refractivity contribution is 6.03. The number of hydrogen-bond donors (Lipinski definition) is 1. The summed E-state index contributed by atoms with van der Waals surface area (Å²) in [6.07, 6.45) is 1.65. The molecule has 0 spiro atoms. The molecular weight excluding hydrogens is 224 g/mol. The van der Waals surface area contributed by atoms with Crippen LogP contribution < -0.4 is 5.32 Å². The Balaban J connectivity index is 2.16. The molecule has 0 saturated heterocycles. The van der Waals surface area contributed by atoms with Crippen molar-refractivity contribution in [2.24, 2.45) is 0 Å². The summed E-state index contributed by atoms with van der Waals surface area (Å²) in [5.74, 6) is 0.848. The topological polar surface area (TPSA) is 42.0 Å². The van der Waals surface area contributed by atoms with Crippen LogP contribution in [0.4, 0.5) is 5.82 Å². The van der Waals surface area contributed by atoms with E-state index < -0.39 is 0 Å². The Morgan fingerprint density at radius 2 is 2.00 bits per heavy atom. The number of carbonyl (C=O) groups is 1. The van der Waals surface area contributed by atoms with Gasteiger partial charge >= 0.3 is 0 Å². The zero-order valence-corrected chi connectivity index (χ0v) is 10.6. The van der Waals surface area contributed by atoms with Gasteiger partial charge in [0, 0.05) is 11.8 Å². The van der Waals surface area contributed by atoms with Crippen LogP contribution in [0, 0.1) is 0 Å². The van der Waals surface area contributed by atoms with Crippen molar-refractivity contribution >= 4 is 11.7 Å². The second-order valence-corrected chi connectivity index (χ2v) is 4.45. The molecule has 1 aromatic heterocycles. The van der Waals surface area contributed by atoms with E-state index in [2.05, 4.69) is 24.1 Å². The van der Waals surface area contributed by atoms with E-state index in [0.29, 0.717) is 17.3 Å². The molecule has 3 nitrogen and oxygen atoms in total. The molecule has 0 fully saturated rings. The highest BCUT2D eigenvalue weighted by Crippen LogP contribution is 2.16. The van der Waals surface area contributed by atoms with E-state index >= 15 is 0 Å². The van der Waals surface area contributed by atoms with E-state index in [1.807, 2.05) is 36.4 Å². The number of anilines is 1. The molecule has 18 heavy (non-hydrogen) atoms. The zero-order valence-electron chi connectivity index (χ0n) is 10.6. The first kappa shape index (κ1) is 12.3. The first-order chi connectivity index (χ1) is 8.66. The van der Waals surface area contributed by atoms with Crippen molar-refractivity contribution in [2.45, 2.75) is 19.8 Å². The molecule has 0 bridgehead atoms. The minimum Gasteiger partial charge on any atom is -0.307 e. The van der Waals surface area contributed by atoms with Crippen molar-refractivity contribution in [1.82, 2.24) is 4.98 Å². The molecule has 1 aromatic carbocycles. The number of amides is 1. The molecule has 0 unspecified atom stereocenters. The van der Waals surface area contributed by atoms with Crippen LogP contribution >= 0.6 is 0 Å². The van der Waals surface area contributed by atoms with Gasteiger partial charge in [0.25, 0.3) is 5.91 Å². The lowest BCUT2D eigenvalue weighted by molar-refractivity contribution is 0.102. The largest absolute Gasteiger partial charge is 0.307 e. The average Bonchev–Trinajstić information content (AvgIpc) is 2.40. The SMILES string of the molecule is CC(C)c1cccc(C(=O)Nc2ccccn2)c1.